The fraction of sp³-hybridized carbons (Fsp3) is 0.250. The number of aryl methyl sites for hydroxylation is 1. The first-order chi connectivity index (χ1) is 13.7. The predicted molar refractivity (Wildman–Crippen MR) is 108 cm³/mol. The molecule has 1 aromatic carbocycles. The minimum absolute atomic E-state index is 0.241. The van der Waals surface area contributed by atoms with Gasteiger partial charge in [-0.1, -0.05) is 18.2 Å². The lowest BCUT2D eigenvalue weighted by atomic mass is 10.2. The summed E-state index contributed by atoms with van der Waals surface area (Å²) in [6, 6.07) is 12.9. The summed E-state index contributed by atoms with van der Waals surface area (Å²) in [5, 5.41) is 2.87. The highest BCUT2D eigenvalue weighted by molar-refractivity contribution is 6.03. The van der Waals surface area contributed by atoms with Crippen molar-refractivity contribution in [1.29, 1.82) is 0 Å². The molecule has 0 atom stereocenters. The number of piperazine rings is 1. The standard InChI is InChI=1S/C20H21N7O/c1-15-23-17(19(28)25-16-6-3-2-4-7-16)14-18(24-15)26-10-12-27(13-11-26)20-21-8-5-9-22-20/h2-9,14H,10-13H2,1H3,(H,25,28). The van der Waals surface area contributed by atoms with Crippen LogP contribution in [0, 0.1) is 6.92 Å². The van der Waals surface area contributed by atoms with Crippen LogP contribution in [0.1, 0.15) is 16.3 Å². The summed E-state index contributed by atoms with van der Waals surface area (Å²) >= 11 is 0. The van der Waals surface area contributed by atoms with Crippen LogP contribution in [0.3, 0.4) is 0 Å². The van der Waals surface area contributed by atoms with Gasteiger partial charge in [0.2, 0.25) is 5.95 Å². The topological polar surface area (TPSA) is 87.1 Å². The third-order valence-corrected chi connectivity index (χ3v) is 4.53. The van der Waals surface area contributed by atoms with Gasteiger partial charge in [-0.3, -0.25) is 4.79 Å². The highest BCUT2D eigenvalue weighted by Gasteiger charge is 2.21. The van der Waals surface area contributed by atoms with E-state index in [1.165, 1.54) is 0 Å². The van der Waals surface area contributed by atoms with Gasteiger partial charge in [-0.2, -0.15) is 0 Å². The Kier molecular flexibility index (Phi) is 5.09. The fourth-order valence-corrected chi connectivity index (χ4v) is 3.14. The molecular formula is C20H21N7O. The minimum Gasteiger partial charge on any atom is -0.353 e. The molecule has 0 aliphatic carbocycles. The van der Waals surface area contributed by atoms with Gasteiger partial charge in [0.15, 0.2) is 0 Å². The number of benzene rings is 1. The van der Waals surface area contributed by atoms with Crippen molar-refractivity contribution in [2.75, 3.05) is 41.3 Å². The van der Waals surface area contributed by atoms with Crippen LogP contribution in [-0.2, 0) is 0 Å². The van der Waals surface area contributed by atoms with Crippen LogP contribution in [-0.4, -0.2) is 52.0 Å². The number of amides is 1. The van der Waals surface area contributed by atoms with Gasteiger partial charge in [-0.05, 0) is 25.1 Å². The summed E-state index contributed by atoms with van der Waals surface area (Å²) in [7, 11) is 0. The van der Waals surface area contributed by atoms with Gasteiger partial charge in [0.05, 0.1) is 0 Å². The summed E-state index contributed by atoms with van der Waals surface area (Å²) in [4.78, 5) is 34.4. The molecule has 4 rings (SSSR count). The smallest absolute Gasteiger partial charge is 0.274 e. The molecule has 28 heavy (non-hydrogen) atoms. The van der Waals surface area contributed by atoms with Gasteiger partial charge in [0.1, 0.15) is 17.3 Å². The number of para-hydroxylation sites is 1. The Morgan fingerprint density at radius 1 is 0.929 bits per heavy atom. The Hall–Kier alpha value is -3.55. The van der Waals surface area contributed by atoms with Crippen molar-refractivity contribution < 1.29 is 4.79 Å². The molecule has 1 fully saturated rings. The molecule has 1 amide bonds. The molecular weight excluding hydrogens is 354 g/mol. The Labute approximate surface area is 163 Å². The first-order valence-electron chi connectivity index (χ1n) is 9.18. The lowest BCUT2D eigenvalue weighted by Crippen LogP contribution is -2.47. The van der Waals surface area contributed by atoms with Crippen LogP contribution in [0.2, 0.25) is 0 Å². The van der Waals surface area contributed by atoms with Crippen LogP contribution in [0.25, 0.3) is 0 Å². The van der Waals surface area contributed by atoms with Crippen molar-refractivity contribution >= 4 is 23.4 Å². The molecule has 0 radical (unpaired) electrons. The van der Waals surface area contributed by atoms with E-state index in [2.05, 4.69) is 35.1 Å². The number of hydrogen-bond donors (Lipinski definition) is 1. The van der Waals surface area contributed by atoms with Gasteiger partial charge < -0.3 is 15.1 Å². The Morgan fingerprint density at radius 2 is 1.61 bits per heavy atom. The molecule has 3 aromatic rings. The molecule has 0 saturated carbocycles. The maximum atomic E-state index is 12.6. The second kappa shape index (κ2) is 7.99. The van der Waals surface area contributed by atoms with E-state index in [9.17, 15) is 4.79 Å². The third-order valence-electron chi connectivity index (χ3n) is 4.53. The number of aromatic nitrogens is 4. The SMILES string of the molecule is Cc1nc(C(=O)Nc2ccccc2)cc(N2CCN(c3ncccn3)CC2)n1. The van der Waals surface area contributed by atoms with E-state index in [0.717, 1.165) is 43.6 Å². The molecule has 1 aliphatic rings. The Balaban J connectivity index is 1.46. The van der Waals surface area contributed by atoms with E-state index >= 15 is 0 Å². The van der Waals surface area contributed by atoms with Crippen molar-refractivity contribution in [1.82, 2.24) is 19.9 Å². The molecule has 1 aliphatic heterocycles. The van der Waals surface area contributed by atoms with Crippen LogP contribution in [0.5, 0.6) is 0 Å². The lowest BCUT2D eigenvalue weighted by Gasteiger charge is -2.35. The van der Waals surface area contributed by atoms with Crippen molar-refractivity contribution in [2.24, 2.45) is 0 Å². The second-order valence-electron chi connectivity index (χ2n) is 6.50. The maximum absolute atomic E-state index is 12.6. The van der Waals surface area contributed by atoms with Gasteiger partial charge >= 0.3 is 0 Å². The number of anilines is 3. The number of nitrogens with zero attached hydrogens (tertiary/aromatic N) is 6. The number of carbonyl (C=O) groups excluding carboxylic acids is 1. The van der Waals surface area contributed by atoms with Gasteiger partial charge in [0, 0.05) is 50.3 Å². The second-order valence-corrected chi connectivity index (χ2v) is 6.50. The molecule has 8 heteroatoms. The summed E-state index contributed by atoms with van der Waals surface area (Å²) in [6.07, 6.45) is 3.50. The highest BCUT2D eigenvalue weighted by Crippen LogP contribution is 2.18. The largest absolute Gasteiger partial charge is 0.353 e. The van der Waals surface area contributed by atoms with Crippen LogP contribution < -0.4 is 15.1 Å². The lowest BCUT2D eigenvalue weighted by molar-refractivity contribution is 0.102. The first-order valence-corrected chi connectivity index (χ1v) is 9.18. The van der Waals surface area contributed by atoms with E-state index in [0.29, 0.717) is 11.5 Å². The molecule has 0 bridgehead atoms. The summed E-state index contributed by atoms with van der Waals surface area (Å²) < 4.78 is 0. The van der Waals surface area contributed by atoms with E-state index in [1.807, 2.05) is 36.4 Å². The van der Waals surface area contributed by atoms with Gasteiger partial charge in [0.25, 0.3) is 5.91 Å². The van der Waals surface area contributed by atoms with E-state index < -0.39 is 0 Å². The van der Waals surface area contributed by atoms with Crippen LogP contribution in [0.15, 0.2) is 54.9 Å². The molecule has 3 heterocycles. The zero-order valence-electron chi connectivity index (χ0n) is 15.6. The molecule has 0 spiro atoms. The van der Waals surface area contributed by atoms with E-state index in [-0.39, 0.29) is 5.91 Å². The molecule has 142 valence electrons. The number of rotatable bonds is 4. The van der Waals surface area contributed by atoms with E-state index in [4.69, 9.17) is 0 Å². The normalized spacial score (nSPS) is 14.0. The zero-order valence-corrected chi connectivity index (χ0v) is 15.6. The molecule has 0 unspecified atom stereocenters. The number of hydrogen-bond acceptors (Lipinski definition) is 7. The predicted octanol–water partition coefficient (Wildman–Crippen LogP) is 2.15. The summed E-state index contributed by atoms with van der Waals surface area (Å²) in [5.41, 5.74) is 1.10. The third kappa shape index (κ3) is 4.06. The number of carbonyl (C=O) groups is 1. The van der Waals surface area contributed by atoms with Crippen molar-refractivity contribution in [3.05, 3.63) is 66.4 Å². The monoisotopic (exact) mass is 375 g/mol. The molecule has 1 N–H and O–H groups in total. The average molecular weight is 375 g/mol. The highest BCUT2D eigenvalue weighted by atomic mass is 16.1. The quantitative estimate of drug-likeness (QED) is 0.748. The molecule has 1 saturated heterocycles. The minimum atomic E-state index is -0.241. The molecule has 8 nitrogen and oxygen atoms in total. The zero-order chi connectivity index (χ0) is 19.3. The first kappa shape index (κ1) is 17.8. The maximum Gasteiger partial charge on any atom is 0.274 e. The van der Waals surface area contributed by atoms with E-state index in [1.54, 1.807) is 25.4 Å². The van der Waals surface area contributed by atoms with Crippen molar-refractivity contribution in [3.63, 3.8) is 0 Å². The Morgan fingerprint density at radius 3 is 2.32 bits per heavy atom. The Bertz CT molecular complexity index is 941. The summed E-state index contributed by atoms with van der Waals surface area (Å²) in [6.45, 7) is 4.93. The fourth-order valence-electron chi connectivity index (χ4n) is 3.14. The van der Waals surface area contributed by atoms with Crippen LogP contribution >= 0.6 is 0 Å². The van der Waals surface area contributed by atoms with Crippen molar-refractivity contribution in [2.45, 2.75) is 6.92 Å². The molecule has 2 aromatic heterocycles. The van der Waals surface area contributed by atoms with Gasteiger partial charge in [-0.15, -0.1) is 0 Å². The van der Waals surface area contributed by atoms with Crippen molar-refractivity contribution in [3.8, 4) is 0 Å². The van der Waals surface area contributed by atoms with Gasteiger partial charge in [-0.25, -0.2) is 19.9 Å². The van der Waals surface area contributed by atoms with Crippen LogP contribution in [0.4, 0.5) is 17.5 Å². The average Bonchev–Trinajstić information content (AvgIpc) is 2.75. The summed E-state index contributed by atoms with van der Waals surface area (Å²) in [5.74, 6) is 1.84. The number of nitrogens with one attached hydrogen (secondary N) is 1.